The van der Waals surface area contributed by atoms with E-state index in [1.54, 1.807) is 0 Å². The molecular formula is C13H28N2O. The molecule has 1 fully saturated rings. The number of morpholine rings is 1. The quantitative estimate of drug-likeness (QED) is 0.749. The summed E-state index contributed by atoms with van der Waals surface area (Å²) < 4.78 is 5.72. The van der Waals surface area contributed by atoms with Crippen molar-refractivity contribution in [1.82, 2.24) is 10.2 Å². The Hall–Kier alpha value is -0.120. The fraction of sp³-hybridized carbons (Fsp3) is 1.00. The Morgan fingerprint density at radius 2 is 2.06 bits per heavy atom. The zero-order valence-electron chi connectivity index (χ0n) is 11.3. The van der Waals surface area contributed by atoms with E-state index in [0.29, 0.717) is 12.1 Å². The molecule has 1 aliphatic heterocycles. The monoisotopic (exact) mass is 228 g/mol. The number of hydrogen-bond acceptors (Lipinski definition) is 3. The molecule has 3 nitrogen and oxygen atoms in total. The van der Waals surface area contributed by atoms with Crippen molar-refractivity contribution in [1.29, 1.82) is 0 Å². The standard InChI is InChI=1S/C13H28N2O/c1-11(2)5-6-12(3)14-9-13-10-15(4)7-8-16-13/h11-14H,5-10H2,1-4H3. The van der Waals surface area contributed by atoms with Gasteiger partial charge in [-0.15, -0.1) is 0 Å². The van der Waals surface area contributed by atoms with Crippen molar-refractivity contribution < 1.29 is 4.74 Å². The Labute approximate surface area is 101 Å². The van der Waals surface area contributed by atoms with Gasteiger partial charge in [0.05, 0.1) is 12.7 Å². The van der Waals surface area contributed by atoms with Crippen molar-refractivity contribution in [2.24, 2.45) is 5.92 Å². The Bertz CT molecular complexity index is 185. The van der Waals surface area contributed by atoms with Gasteiger partial charge < -0.3 is 15.0 Å². The highest BCUT2D eigenvalue weighted by Gasteiger charge is 2.17. The largest absolute Gasteiger partial charge is 0.374 e. The van der Waals surface area contributed by atoms with Gasteiger partial charge in [0.15, 0.2) is 0 Å². The molecule has 0 aromatic rings. The van der Waals surface area contributed by atoms with E-state index in [2.05, 4.69) is 38.0 Å². The molecule has 2 unspecified atom stereocenters. The first-order valence-corrected chi connectivity index (χ1v) is 6.61. The Morgan fingerprint density at radius 1 is 1.31 bits per heavy atom. The van der Waals surface area contributed by atoms with Crippen molar-refractivity contribution in [2.75, 3.05) is 33.3 Å². The van der Waals surface area contributed by atoms with Gasteiger partial charge in [0.25, 0.3) is 0 Å². The zero-order valence-corrected chi connectivity index (χ0v) is 11.3. The molecule has 3 heteroatoms. The minimum absolute atomic E-state index is 0.375. The van der Waals surface area contributed by atoms with Crippen molar-refractivity contribution >= 4 is 0 Å². The van der Waals surface area contributed by atoms with Gasteiger partial charge in [-0.05, 0) is 32.7 Å². The van der Waals surface area contributed by atoms with Crippen LogP contribution in [0.15, 0.2) is 0 Å². The first-order valence-electron chi connectivity index (χ1n) is 6.61. The summed E-state index contributed by atoms with van der Waals surface area (Å²) in [5, 5.41) is 3.58. The molecule has 1 heterocycles. The zero-order chi connectivity index (χ0) is 12.0. The first kappa shape index (κ1) is 13.9. The summed E-state index contributed by atoms with van der Waals surface area (Å²) >= 11 is 0. The molecule has 0 aliphatic carbocycles. The fourth-order valence-electron chi connectivity index (χ4n) is 2.01. The van der Waals surface area contributed by atoms with Crippen molar-refractivity contribution in [3.63, 3.8) is 0 Å². The molecule has 2 atom stereocenters. The predicted octanol–water partition coefficient (Wildman–Crippen LogP) is 1.73. The SMILES string of the molecule is CC(C)CCC(C)NCC1CN(C)CCO1. The normalized spacial score (nSPS) is 24.9. The maximum atomic E-state index is 5.72. The summed E-state index contributed by atoms with van der Waals surface area (Å²) in [4.78, 5) is 2.34. The summed E-state index contributed by atoms with van der Waals surface area (Å²) in [5.74, 6) is 0.807. The van der Waals surface area contributed by atoms with Crippen LogP contribution in [0.5, 0.6) is 0 Å². The average Bonchev–Trinajstić information content (AvgIpc) is 2.23. The average molecular weight is 228 g/mol. The maximum Gasteiger partial charge on any atom is 0.0826 e. The van der Waals surface area contributed by atoms with Crippen molar-refractivity contribution in [3.8, 4) is 0 Å². The van der Waals surface area contributed by atoms with Gasteiger partial charge in [0.1, 0.15) is 0 Å². The van der Waals surface area contributed by atoms with Crippen molar-refractivity contribution in [3.05, 3.63) is 0 Å². The second-order valence-electron chi connectivity index (χ2n) is 5.54. The molecule has 0 amide bonds. The van der Waals surface area contributed by atoms with Crippen LogP contribution in [0, 0.1) is 5.92 Å². The lowest BCUT2D eigenvalue weighted by molar-refractivity contribution is -0.0191. The molecule has 0 aromatic carbocycles. The Balaban J connectivity index is 2.08. The highest BCUT2D eigenvalue weighted by atomic mass is 16.5. The third kappa shape index (κ3) is 5.83. The van der Waals surface area contributed by atoms with Crippen LogP contribution in [-0.4, -0.2) is 50.3 Å². The number of nitrogens with one attached hydrogen (secondary N) is 1. The van der Waals surface area contributed by atoms with E-state index in [-0.39, 0.29) is 0 Å². The first-order chi connectivity index (χ1) is 7.58. The number of nitrogens with zero attached hydrogens (tertiary/aromatic N) is 1. The number of rotatable bonds is 6. The Kier molecular flexibility index (Phi) is 6.32. The molecule has 0 radical (unpaired) electrons. The van der Waals surface area contributed by atoms with Crippen LogP contribution in [0.2, 0.25) is 0 Å². The molecule has 0 aromatic heterocycles. The molecule has 16 heavy (non-hydrogen) atoms. The molecular weight excluding hydrogens is 200 g/mol. The van der Waals surface area contributed by atoms with Crippen LogP contribution >= 0.6 is 0 Å². The smallest absolute Gasteiger partial charge is 0.0826 e. The third-order valence-corrected chi connectivity index (χ3v) is 3.21. The third-order valence-electron chi connectivity index (χ3n) is 3.21. The highest BCUT2D eigenvalue weighted by molar-refractivity contribution is 4.73. The summed E-state index contributed by atoms with van der Waals surface area (Å²) in [5.41, 5.74) is 0. The Morgan fingerprint density at radius 3 is 2.69 bits per heavy atom. The van der Waals surface area contributed by atoms with Gasteiger partial charge in [-0.25, -0.2) is 0 Å². The topological polar surface area (TPSA) is 24.5 Å². The lowest BCUT2D eigenvalue weighted by Crippen LogP contribution is -2.46. The van der Waals surface area contributed by atoms with Crippen LogP contribution in [0.25, 0.3) is 0 Å². The number of hydrogen-bond donors (Lipinski definition) is 1. The maximum absolute atomic E-state index is 5.72. The van der Waals surface area contributed by atoms with Gasteiger partial charge in [-0.2, -0.15) is 0 Å². The van der Waals surface area contributed by atoms with Crippen molar-refractivity contribution in [2.45, 2.75) is 45.8 Å². The molecule has 0 spiro atoms. The highest BCUT2D eigenvalue weighted by Crippen LogP contribution is 2.07. The van der Waals surface area contributed by atoms with E-state index < -0.39 is 0 Å². The van der Waals surface area contributed by atoms with Gasteiger partial charge in [0, 0.05) is 25.7 Å². The molecule has 1 saturated heterocycles. The summed E-state index contributed by atoms with van der Waals surface area (Å²) in [6, 6.07) is 0.609. The second-order valence-corrected chi connectivity index (χ2v) is 5.54. The van der Waals surface area contributed by atoms with E-state index in [4.69, 9.17) is 4.74 Å². The molecule has 1 aliphatic rings. The fourth-order valence-corrected chi connectivity index (χ4v) is 2.01. The molecule has 1 rings (SSSR count). The molecule has 1 N–H and O–H groups in total. The molecule has 0 saturated carbocycles. The van der Waals surface area contributed by atoms with E-state index in [1.165, 1.54) is 12.8 Å². The van der Waals surface area contributed by atoms with Crippen LogP contribution < -0.4 is 5.32 Å². The summed E-state index contributed by atoms with van der Waals surface area (Å²) in [6.07, 6.45) is 2.94. The van der Waals surface area contributed by atoms with Crippen LogP contribution in [0.1, 0.15) is 33.6 Å². The summed E-state index contributed by atoms with van der Waals surface area (Å²) in [6.45, 7) is 10.8. The van der Waals surface area contributed by atoms with Crippen LogP contribution in [-0.2, 0) is 4.74 Å². The summed E-state index contributed by atoms with van der Waals surface area (Å²) in [7, 11) is 2.16. The number of ether oxygens (including phenoxy) is 1. The van der Waals surface area contributed by atoms with E-state index in [1.807, 2.05) is 0 Å². The van der Waals surface area contributed by atoms with Gasteiger partial charge in [-0.1, -0.05) is 13.8 Å². The molecule has 0 bridgehead atoms. The molecule has 96 valence electrons. The van der Waals surface area contributed by atoms with Gasteiger partial charge in [0.2, 0.25) is 0 Å². The second kappa shape index (κ2) is 7.25. The minimum Gasteiger partial charge on any atom is -0.374 e. The van der Waals surface area contributed by atoms with E-state index >= 15 is 0 Å². The van der Waals surface area contributed by atoms with Crippen LogP contribution in [0.3, 0.4) is 0 Å². The lowest BCUT2D eigenvalue weighted by atomic mass is 10.0. The van der Waals surface area contributed by atoms with Gasteiger partial charge in [-0.3, -0.25) is 0 Å². The lowest BCUT2D eigenvalue weighted by Gasteiger charge is -2.31. The van der Waals surface area contributed by atoms with E-state index in [0.717, 1.165) is 32.2 Å². The number of likely N-dealkylation sites (N-methyl/N-ethyl adjacent to an activating group) is 1. The predicted molar refractivity (Wildman–Crippen MR) is 68.8 cm³/mol. The van der Waals surface area contributed by atoms with Gasteiger partial charge >= 0.3 is 0 Å². The minimum atomic E-state index is 0.375. The van der Waals surface area contributed by atoms with Crippen LogP contribution in [0.4, 0.5) is 0 Å². The van der Waals surface area contributed by atoms with E-state index in [9.17, 15) is 0 Å².